The van der Waals surface area contributed by atoms with Crippen molar-refractivity contribution in [2.24, 2.45) is 5.92 Å². The van der Waals surface area contributed by atoms with Crippen LogP contribution < -0.4 is 5.32 Å². The first-order chi connectivity index (χ1) is 6.22. The summed E-state index contributed by atoms with van der Waals surface area (Å²) in [6.07, 6.45) is 6.70. The molecule has 1 unspecified atom stereocenters. The monoisotopic (exact) mass is 185 g/mol. The summed E-state index contributed by atoms with van der Waals surface area (Å²) in [7, 11) is 0. The fourth-order valence-electron chi connectivity index (χ4n) is 1.62. The zero-order valence-corrected chi connectivity index (χ0v) is 9.90. The molecule has 80 valence electrons. The van der Waals surface area contributed by atoms with Crippen LogP contribution in [0.2, 0.25) is 0 Å². The highest BCUT2D eigenvalue weighted by Gasteiger charge is 2.10. The Labute approximate surface area is 84.3 Å². The van der Waals surface area contributed by atoms with Crippen molar-refractivity contribution in [2.45, 2.75) is 65.8 Å². The lowest BCUT2D eigenvalue weighted by atomic mass is 9.98. The second kappa shape index (κ2) is 8.55. The molecular weight excluding hydrogens is 158 g/mol. The van der Waals surface area contributed by atoms with E-state index in [1.807, 2.05) is 0 Å². The van der Waals surface area contributed by atoms with Crippen LogP contribution >= 0.6 is 0 Å². The van der Waals surface area contributed by atoms with E-state index in [0.29, 0.717) is 0 Å². The predicted octanol–water partition coefficient (Wildman–Crippen LogP) is 3.59. The average molecular weight is 185 g/mol. The van der Waals surface area contributed by atoms with Gasteiger partial charge in [0.25, 0.3) is 0 Å². The van der Waals surface area contributed by atoms with E-state index in [1.165, 1.54) is 38.6 Å². The van der Waals surface area contributed by atoms with Gasteiger partial charge in [-0.05, 0) is 25.3 Å². The van der Waals surface area contributed by atoms with Crippen LogP contribution in [0.5, 0.6) is 0 Å². The van der Waals surface area contributed by atoms with Crippen molar-refractivity contribution >= 4 is 0 Å². The van der Waals surface area contributed by atoms with Gasteiger partial charge in [-0.15, -0.1) is 0 Å². The first kappa shape index (κ1) is 13.0. The van der Waals surface area contributed by atoms with Gasteiger partial charge in [0.15, 0.2) is 0 Å². The van der Waals surface area contributed by atoms with Crippen LogP contribution in [0.15, 0.2) is 0 Å². The van der Waals surface area contributed by atoms with E-state index in [0.717, 1.165) is 12.0 Å². The Kier molecular flexibility index (Phi) is 8.53. The Morgan fingerprint density at radius 1 is 1.00 bits per heavy atom. The summed E-state index contributed by atoms with van der Waals surface area (Å²) >= 11 is 0. The maximum absolute atomic E-state index is 3.63. The van der Waals surface area contributed by atoms with Crippen molar-refractivity contribution in [3.63, 3.8) is 0 Å². The summed E-state index contributed by atoms with van der Waals surface area (Å²) in [6, 6.07) is 0.742. The van der Waals surface area contributed by atoms with Gasteiger partial charge >= 0.3 is 0 Å². The Bertz CT molecular complexity index is 99.3. The van der Waals surface area contributed by atoms with Crippen LogP contribution in [0.25, 0.3) is 0 Å². The SMILES string of the molecule is CCCCCC(NCCC)C(C)C. The second-order valence-electron chi connectivity index (χ2n) is 4.30. The van der Waals surface area contributed by atoms with Gasteiger partial charge in [0.05, 0.1) is 0 Å². The van der Waals surface area contributed by atoms with E-state index in [9.17, 15) is 0 Å². The van der Waals surface area contributed by atoms with Crippen molar-refractivity contribution in [3.8, 4) is 0 Å². The minimum absolute atomic E-state index is 0.742. The molecule has 0 fully saturated rings. The van der Waals surface area contributed by atoms with Crippen molar-refractivity contribution in [2.75, 3.05) is 6.54 Å². The predicted molar refractivity (Wildman–Crippen MR) is 61.1 cm³/mol. The van der Waals surface area contributed by atoms with Gasteiger partial charge in [-0.1, -0.05) is 47.0 Å². The summed E-state index contributed by atoms with van der Waals surface area (Å²) in [4.78, 5) is 0. The van der Waals surface area contributed by atoms with Gasteiger partial charge in [-0.3, -0.25) is 0 Å². The molecule has 0 aromatic rings. The van der Waals surface area contributed by atoms with E-state index < -0.39 is 0 Å². The average Bonchev–Trinajstić information content (AvgIpc) is 2.10. The number of nitrogens with one attached hydrogen (secondary N) is 1. The highest BCUT2D eigenvalue weighted by molar-refractivity contribution is 4.69. The highest BCUT2D eigenvalue weighted by Crippen LogP contribution is 2.11. The van der Waals surface area contributed by atoms with Crippen LogP contribution in [0, 0.1) is 5.92 Å². The largest absolute Gasteiger partial charge is 0.314 e. The maximum atomic E-state index is 3.63. The summed E-state index contributed by atoms with van der Waals surface area (Å²) in [5.41, 5.74) is 0. The Hall–Kier alpha value is -0.0400. The molecule has 1 N–H and O–H groups in total. The van der Waals surface area contributed by atoms with Crippen LogP contribution in [0.3, 0.4) is 0 Å². The molecule has 0 aliphatic heterocycles. The number of unbranched alkanes of at least 4 members (excludes halogenated alkanes) is 2. The van der Waals surface area contributed by atoms with E-state index in [4.69, 9.17) is 0 Å². The molecule has 0 saturated heterocycles. The van der Waals surface area contributed by atoms with Gasteiger partial charge in [0.1, 0.15) is 0 Å². The van der Waals surface area contributed by atoms with Gasteiger partial charge in [-0.25, -0.2) is 0 Å². The minimum Gasteiger partial charge on any atom is -0.314 e. The van der Waals surface area contributed by atoms with Gasteiger partial charge in [0, 0.05) is 6.04 Å². The summed E-state index contributed by atoms with van der Waals surface area (Å²) in [6.45, 7) is 10.3. The van der Waals surface area contributed by atoms with Crippen molar-refractivity contribution in [1.82, 2.24) is 5.32 Å². The van der Waals surface area contributed by atoms with Gasteiger partial charge in [0.2, 0.25) is 0 Å². The molecular formula is C12H27N. The molecule has 13 heavy (non-hydrogen) atoms. The summed E-state index contributed by atoms with van der Waals surface area (Å²) in [5, 5.41) is 3.63. The number of hydrogen-bond donors (Lipinski definition) is 1. The fraction of sp³-hybridized carbons (Fsp3) is 1.00. The number of rotatable bonds is 8. The highest BCUT2D eigenvalue weighted by atomic mass is 14.9. The molecule has 1 nitrogen and oxygen atoms in total. The van der Waals surface area contributed by atoms with Crippen molar-refractivity contribution < 1.29 is 0 Å². The quantitative estimate of drug-likeness (QED) is 0.570. The van der Waals surface area contributed by atoms with Crippen molar-refractivity contribution in [3.05, 3.63) is 0 Å². The first-order valence-electron chi connectivity index (χ1n) is 5.95. The molecule has 0 amide bonds. The smallest absolute Gasteiger partial charge is 0.00900 e. The maximum Gasteiger partial charge on any atom is 0.00900 e. The molecule has 0 rings (SSSR count). The zero-order valence-electron chi connectivity index (χ0n) is 9.90. The normalized spacial score (nSPS) is 13.6. The minimum atomic E-state index is 0.742. The third kappa shape index (κ3) is 7.06. The standard InChI is InChI=1S/C12H27N/c1-5-7-8-9-12(11(3)4)13-10-6-2/h11-13H,5-10H2,1-4H3. The lowest BCUT2D eigenvalue weighted by Crippen LogP contribution is -2.34. The molecule has 0 aromatic carbocycles. The molecule has 1 heteroatoms. The third-order valence-electron chi connectivity index (χ3n) is 2.58. The Morgan fingerprint density at radius 3 is 2.15 bits per heavy atom. The molecule has 0 aliphatic rings. The van der Waals surface area contributed by atoms with Crippen LogP contribution in [-0.4, -0.2) is 12.6 Å². The third-order valence-corrected chi connectivity index (χ3v) is 2.58. The molecule has 0 radical (unpaired) electrons. The Balaban J connectivity index is 3.54. The van der Waals surface area contributed by atoms with E-state index in [1.54, 1.807) is 0 Å². The van der Waals surface area contributed by atoms with E-state index in [-0.39, 0.29) is 0 Å². The molecule has 0 aliphatic carbocycles. The molecule has 0 heterocycles. The van der Waals surface area contributed by atoms with Gasteiger partial charge in [-0.2, -0.15) is 0 Å². The van der Waals surface area contributed by atoms with Crippen LogP contribution in [0.1, 0.15) is 59.8 Å². The van der Waals surface area contributed by atoms with Crippen LogP contribution in [-0.2, 0) is 0 Å². The molecule has 0 aromatic heterocycles. The molecule has 1 atom stereocenters. The van der Waals surface area contributed by atoms with Crippen molar-refractivity contribution in [1.29, 1.82) is 0 Å². The molecule has 0 bridgehead atoms. The fourth-order valence-corrected chi connectivity index (χ4v) is 1.62. The molecule has 0 saturated carbocycles. The topological polar surface area (TPSA) is 12.0 Å². The lowest BCUT2D eigenvalue weighted by molar-refractivity contribution is 0.366. The second-order valence-corrected chi connectivity index (χ2v) is 4.30. The first-order valence-corrected chi connectivity index (χ1v) is 5.95. The summed E-state index contributed by atoms with van der Waals surface area (Å²) < 4.78 is 0. The lowest BCUT2D eigenvalue weighted by Gasteiger charge is -2.22. The number of hydrogen-bond acceptors (Lipinski definition) is 1. The van der Waals surface area contributed by atoms with Gasteiger partial charge < -0.3 is 5.32 Å². The zero-order chi connectivity index (χ0) is 10.1. The van der Waals surface area contributed by atoms with E-state index >= 15 is 0 Å². The van der Waals surface area contributed by atoms with E-state index in [2.05, 4.69) is 33.0 Å². The van der Waals surface area contributed by atoms with Crippen LogP contribution in [0.4, 0.5) is 0 Å². The molecule has 0 spiro atoms. The summed E-state index contributed by atoms with van der Waals surface area (Å²) in [5.74, 6) is 0.781. The Morgan fingerprint density at radius 2 is 1.69 bits per heavy atom.